The molecule has 7 N–H and O–H groups in total. The summed E-state index contributed by atoms with van der Waals surface area (Å²) in [5, 5.41) is 62.1. The number of hydrogen-bond donors (Lipinski definition) is 7. The van der Waals surface area contributed by atoms with Crippen LogP contribution in [0.5, 0.6) is 0 Å². The van der Waals surface area contributed by atoms with Crippen LogP contribution in [0.1, 0.15) is 6.92 Å². The van der Waals surface area contributed by atoms with Gasteiger partial charge in [0.1, 0.15) is 6.61 Å². The summed E-state index contributed by atoms with van der Waals surface area (Å²) in [7, 11) is 0. The van der Waals surface area contributed by atoms with Crippen molar-refractivity contribution in [3.05, 3.63) is 11.6 Å². The molecule has 0 amide bonds. The van der Waals surface area contributed by atoms with E-state index >= 15 is 0 Å². The van der Waals surface area contributed by atoms with E-state index in [1.54, 1.807) is 0 Å². The van der Waals surface area contributed by atoms with Crippen LogP contribution in [-0.2, 0) is 9.53 Å². The average Bonchev–Trinajstić information content (AvgIpc) is 2.39. The Kier molecular flexibility index (Phi) is 7.23. The fraction of sp³-hybridized carbons (Fsp3) is 0.727. The van der Waals surface area contributed by atoms with Gasteiger partial charge in [-0.05, 0) is 13.0 Å². The zero-order valence-corrected chi connectivity index (χ0v) is 10.9. The highest BCUT2D eigenvalue weighted by Gasteiger charge is 2.31. The van der Waals surface area contributed by atoms with Gasteiger partial charge in [-0.1, -0.05) is 0 Å². The van der Waals surface area contributed by atoms with Gasteiger partial charge in [0, 0.05) is 5.57 Å². The van der Waals surface area contributed by atoms with E-state index in [2.05, 4.69) is 0 Å². The van der Waals surface area contributed by atoms with Crippen LogP contribution in [0.25, 0.3) is 0 Å². The second kappa shape index (κ2) is 7.64. The Bertz CT molecular complexity index is 332. The molecule has 1 atom stereocenters. The molecule has 0 aromatic rings. The molecule has 0 aromatic heterocycles. The molecule has 0 aliphatic carbocycles. The third-order valence-electron chi connectivity index (χ3n) is 2.64. The third kappa shape index (κ3) is 5.51. The van der Waals surface area contributed by atoms with Crippen molar-refractivity contribution in [2.24, 2.45) is 5.41 Å². The lowest BCUT2D eigenvalue weighted by Gasteiger charge is -2.26. The van der Waals surface area contributed by atoms with Gasteiger partial charge in [0.25, 0.3) is 0 Å². The van der Waals surface area contributed by atoms with E-state index in [1.165, 1.54) is 6.92 Å². The molecule has 0 aliphatic rings. The Hall–Kier alpha value is -1.07. The normalized spacial score (nSPS) is 15.1. The maximum absolute atomic E-state index is 11.5. The number of carbonyl (C=O) groups is 1. The quantitative estimate of drug-likeness (QED) is 0.136. The van der Waals surface area contributed by atoms with Crippen LogP contribution in [0.15, 0.2) is 11.6 Å². The smallest absolute Gasteiger partial charge is 0.333 e. The lowest BCUT2D eigenvalue weighted by molar-refractivity contribution is -0.344. The first kappa shape index (κ1) is 18.9. The van der Waals surface area contributed by atoms with E-state index in [0.717, 1.165) is 0 Å². The molecule has 1 unspecified atom stereocenters. The van der Waals surface area contributed by atoms with Gasteiger partial charge in [0.05, 0.1) is 25.2 Å². The van der Waals surface area contributed by atoms with Gasteiger partial charge >= 0.3 is 11.9 Å². The van der Waals surface area contributed by atoms with Gasteiger partial charge in [-0.2, -0.15) is 0 Å². The number of hydrogen-bond acceptors (Lipinski definition) is 9. The number of esters is 1. The number of aliphatic hydroxyl groups excluding tert-OH is 4. The van der Waals surface area contributed by atoms with Gasteiger partial charge in [-0.25, -0.2) is 4.79 Å². The Morgan fingerprint density at radius 3 is 1.95 bits per heavy atom. The maximum Gasteiger partial charge on any atom is 0.333 e. The highest BCUT2D eigenvalue weighted by Crippen LogP contribution is 2.16. The molecule has 9 nitrogen and oxygen atoms in total. The first-order chi connectivity index (χ1) is 9.11. The van der Waals surface area contributed by atoms with Crippen molar-refractivity contribution in [3.8, 4) is 0 Å². The summed E-state index contributed by atoms with van der Waals surface area (Å²) in [4.78, 5) is 11.5. The fourth-order valence-electron chi connectivity index (χ4n) is 1.04. The third-order valence-corrected chi connectivity index (χ3v) is 2.64. The molecule has 118 valence electrons. The highest BCUT2D eigenvalue weighted by molar-refractivity contribution is 5.87. The minimum absolute atomic E-state index is 0.248. The molecule has 0 fully saturated rings. The van der Waals surface area contributed by atoms with E-state index in [-0.39, 0.29) is 5.57 Å². The Labute approximate surface area is 115 Å². The van der Waals surface area contributed by atoms with Crippen molar-refractivity contribution in [1.29, 1.82) is 0 Å². The van der Waals surface area contributed by atoms with Crippen LogP contribution in [0.2, 0.25) is 0 Å². The highest BCUT2D eigenvalue weighted by atomic mass is 16.7. The minimum atomic E-state index is -3.40. The van der Waals surface area contributed by atoms with E-state index in [9.17, 15) is 4.79 Å². The largest absolute Gasteiger partial charge is 0.461 e. The summed E-state index contributed by atoms with van der Waals surface area (Å²) in [6.45, 7) is -1.17. The van der Waals surface area contributed by atoms with Gasteiger partial charge in [-0.15, -0.1) is 0 Å². The number of carbonyl (C=O) groups excluding carboxylic acids is 1. The standard InChI is InChI=1S/C11H20O9/c1-7(2-8(15)11(17,18)19)9(16)20-6-10(3-12,4-13)5-14/h2,8,12-15,17-19H,3-6H2,1H3. The molecule has 20 heavy (non-hydrogen) atoms. The predicted octanol–water partition coefficient (Wildman–Crippen LogP) is -3.57. The van der Waals surface area contributed by atoms with E-state index in [1.807, 2.05) is 0 Å². The Balaban J connectivity index is 4.66. The molecular formula is C11H20O9. The molecule has 0 aromatic carbocycles. The van der Waals surface area contributed by atoms with Crippen LogP contribution in [0.4, 0.5) is 0 Å². The topological polar surface area (TPSA) is 168 Å². The maximum atomic E-state index is 11.5. The molecule has 0 radical (unpaired) electrons. The SMILES string of the molecule is CC(=CC(O)C(O)(O)O)C(=O)OCC(CO)(CO)CO. The molecule has 0 saturated heterocycles. The Morgan fingerprint density at radius 2 is 1.60 bits per heavy atom. The van der Waals surface area contributed by atoms with Crippen LogP contribution in [-0.4, -0.2) is 80.2 Å². The van der Waals surface area contributed by atoms with E-state index in [0.29, 0.717) is 6.08 Å². The van der Waals surface area contributed by atoms with Crippen molar-refractivity contribution in [3.63, 3.8) is 0 Å². The van der Waals surface area contributed by atoms with Crippen LogP contribution >= 0.6 is 0 Å². The van der Waals surface area contributed by atoms with Gasteiger partial charge < -0.3 is 40.5 Å². The van der Waals surface area contributed by atoms with Crippen LogP contribution in [0.3, 0.4) is 0 Å². The lowest BCUT2D eigenvalue weighted by atomic mass is 9.92. The second-order valence-corrected chi connectivity index (χ2v) is 4.53. The summed E-state index contributed by atoms with van der Waals surface area (Å²) in [5.74, 6) is -4.39. The first-order valence-electron chi connectivity index (χ1n) is 5.65. The monoisotopic (exact) mass is 296 g/mol. The number of rotatable bonds is 8. The van der Waals surface area contributed by atoms with Crippen LogP contribution in [0, 0.1) is 5.41 Å². The Morgan fingerprint density at radius 1 is 1.15 bits per heavy atom. The first-order valence-corrected chi connectivity index (χ1v) is 5.65. The number of ether oxygens (including phenoxy) is 1. The molecule has 0 heterocycles. The van der Waals surface area contributed by atoms with E-state index in [4.69, 9.17) is 40.5 Å². The van der Waals surface area contributed by atoms with Gasteiger partial charge in [-0.3, -0.25) is 0 Å². The number of aliphatic hydroxyl groups is 7. The average molecular weight is 296 g/mol. The summed E-state index contributed by atoms with van der Waals surface area (Å²) in [6, 6.07) is 0. The minimum Gasteiger partial charge on any atom is -0.461 e. The van der Waals surface area contributed by atoms with Crippen molar-refractivity contribution in [1.82, 2.24) is 0 Å². The molecule has 0 aliphatic heterocycles. The molecule has 0 spiro atoms. The summed E-state index contributed by atoms with van der Waals surface area (Å²) < 4.78 is 4.71. The molecule has 0 saturated carbocycles. The van der Waals surface area contributed by atoms with E-state index < -0.39 is 49.9 Å². The molecule has 9 heteroatoms. The van der Waals surface area contributed by atoms with Gasteiger partial charge in [0.15, 0.2) is 6.10 Å². The fourth-order valence-corrected chi connectivity index (χ4v) is 1.04. The second-order valence-electron chi connectivity index (χ2n) is 4.53. The van der Waals surface area contributed by atoms with Crippen molar-refractivity contribution >= 4 is 5.97 Å². The summed E-state index contributed by atoms with van der Waals surface area (Å²) >= 11 is 0. The van der Waals surface area contributed by atoms with Gasteiger partial charge in [0.2, 0.25) is 0 Å². The molecular weight excluding hydrogens is 276 g/mol. The zero-order valence-electron chi connectivity index (χ0n) is 10.9. The lowest BCUT2D eigenvalue weighted by Crippen LogP contribution is -2.41. The summed E-state index contributed by atoms with van der Waals surface area (Å²) in [6.07, 6.45) is -1.48. The van der Waals surface area contributed by atoms with Crippen molar-refractivity contribution < 1.29 is 45.3 Å². The predicted molar refractivity (Wildman–Crippen MR) is 63.8 cm³/mol. The zero-order chi connectivity index (χ0) is 16.0. The van der Waals surface area contributed by atoms with Crippen molar-refractivity contribution in [2.75, 3.05) is 26.4 Å². The van der Waals surface area contributed by atoms with Crippen LogP contribution < -0.4 is 0 Å². The summed E-state index contributed by atoms with van der Waals surface area (Å²) in [5.41, 5.74) is -1.65. The molecule has 0 bridgehead atoms. The van der Waals surface area contributed by atoms with Crippen molar-refractivity contribution in [2.45, 2.75) is 19.0 Å². The molecule has 0 rings (SSSR count).